The molecule has 0 bridgehead atoms. The van der Waals surface area contributed by atoms with Gasteiger partial charge in [-0.2, -0.15) is 0 Å². The molecule has 0 saturated heterocycles. The van der Waals surface area contributed by atoms with Crippen molar-refractivity contribution in [2.24, 2.45) is 0 Å². The Bertz CT molecular complexity index is 339. The van der Waals surface area contributed by atoms with Crippen molar-refractivity contribution in [1.29, 1.82) is 0 Å². The summed E-state index contributed by atoms with van der Waals surface area (Å²) in [5.41, 5.74) is 1.05. The third-order valence-corrected chi connectivity index (χ3v) is 3.74. The molecule has 16 heavy (non-hydrogen) atoms. The SMILES string of the molecule is Cc1nccnc1N(CCCBr)C1CCC1. The molecule has 0 aromatic carbocycles. The molecule has 0 unspecified atom stereocenters. The third kappa shape index (κ3) is 2.54. The van der Waals surface area contributed by atoms with Crippen molar-refractivity contribution < 1.29 is 0 Å². The summed E-state index contributed by atoms with van der Waals surface area (Å²) in [7, 11) is 0. The molecule has 1 aromatic rings. The van der Waals surface area contributed by atoms with Crippen LogP contribution in [-0.2, 0) is 0 Å². The van der Waals surface area contributed by atoms with Gasteiger partial charge >= 0.3 is 0 Å². The third-order valence-electron chi connectivity index (χ3n) is 3.18. The summed E-state index contributed by atoms with van der Waals surface area (Å²) in [6.07, 6.45) is 8.68. The Labute approximate surface area is 105 Å². The molecule has 2 rings (SSSR count). The summed E-state index contributed by atoms with van der Waals surface area (Å²) in [6, 6.07) is 0.689. The summed E-state index contributed by atoms with van der Waals surface area (Å²) < 4.78 is 0. The molecule has 0 atom stereocenters. The minimum Gasteiger partial charge on any atom is -0.352 e. The molecular weight excluding hydrogens is 266 g/mol. The molecule has 0 aliphatic heterocycles. The molecule has 1 fully saturated rings. The van der Waals surface area contributed by atoms with Crippen molar-refractivity contribution in [2.75, 3.05) is 16.8 Å². The van der Waals surface area contributed by atoms with Crippen molar-refractivity contribution >= 4 is 21.7 Å². The summed E-state index contributed by atoms with van der Waals surface area (Å²) in [4.78, 5) is 11.3. The van der Waals surface area contributed by atoms with E-state index in [2.05, 4.69) is 30.8 Å². The summed E-state index contributed by atoms with van der Waals surface area (Å²) in [5.74, 6) is 1.08. The number of anilines is 1. The second kappa shape index (κ2) is 5.62. The first-order chi connectivity index (χ1) is 7.83. The lowest BCUT2D eigenvalue weighted by Crippen LogP contribution is -2.42. The second-order valence-electron chi connectivity index (χ2n) is 4.29. The monoisotopic (exact) mass is 283 g/mol. The van der Waals surface area contributed by atoms with E-state index in [1.54, 1.807) is 12.4 Å². The highest BCUT2D eigenvalue weighted by Crippen LogP contribution is 2.29. The molecule has 1 aliphatic carbocycles. The van der Waals surface area contributed by atoms with Gasteiger partial charge in [-0.1, -0.05) is 15.9 Å². The number of nitrogens with zero attached hydrogens (tertiary/aromatic N) is 3. The fourth-order valence-electron chi connectivity index (χ4n) is 2.07. The van der Waals surface area contributed by atoms with E-state index >= 15 is 0 Å². The minimum absolute atomic E-state index is 0.689. The largest absolute Gasteiger partial charge is 0.352 e. The average molecular weight is 284 g/mol. The molecule has 0 spiro atoms. The van der Waals surface area contributed by atoms with Gasteiger partial charge in [-0.3, -0.25) is 4.98 Å². The van der Waals surface area contributed by atoms with Crippen LogP contribution in [0.4, 0.5) is 5.82 Å². The van der Waals surface area contributed by atoms with Crippen molar-refractivity contribution in [3.63, 3.8) is 0 Å². The molecule has 3 nitrogen and oxygen atoms in total. The number of hydrogen-bond acceptors (Lipinski definition) is 3. The number of hydrogen-bond donors (Lipinski definition) is 0. The normalized spacial score (nSPS) is 15.9. The number of aromatic nitrogens is 2. The number of halogens is 1. The smallest absolute Gasteiger partial charge is 0.150 e. The van der Waals surface area contributed by atoms with Gasteiger partial charge in [0.1, 0.15) is 5.82 Å². The summed E-state index contributed by atoms with van der Waals surface area (Å²) in [6.45, 7) is 3.12. The topological polar surface area (TPSA) is 29.0 Å². The van der Waals surface area contributed by atoms with E-state index < -0.39 is 0 Å². The molecule has 4 heteroatoms. The van der Waals surface area contributed by atoms with Crippen LogP contribution in [-0.4, -0.2) is 27.9 Å². The van der Waals surface area contributed by atoms with Crippen molar-refractivity contribution in [2.45, 2.75) is 38.6 Å². The van der Waals surface area contributed by atoms with Crippen LogP contribution in [0.3, 0.4) is 0 Å². The van der Waals surface area contributed by atoms with E-state index in [0.717, 1.165) is 29.8 Å². The van der Waals surface area contributed by atoms with Gasteiger partial charge in [0.2, 0.25) is 0 Å². The van der Waals surface area contributed by atoms with Gasteiger partial charge < -0.3 is 4.90 Å². The Morgan fingerprint density at radius 3 is 2.69 bits per heavy atom. The quantitative estimate of drug-likeness (QED) is 0.778. The van der Waals surface area contributed by atoms with Crippen molar-refractivity contribution in [1.82, 2.24) is 9.97 Å². The Hall–Kier alpha value is -0.640. The predicted molar refractivity (Wildman–Crippen MR) is 70.2 cm³/mol. The van der Waals surface area contributed by atoms with Gasteiger partial charge in [-0.05, 0) is 32.6 Å². The van der Waals surface area contributed by atoms with Crippen molar-refractivity contribution in [3.8, 4) is 0 Å². The number of aryl methyl sites for hydroxylation is 1. The maximum Gasteiger partial charge on any atom is 0.150 e. The van der Waals surface area contributed by atoms with Gasteiger partial charge in [0.25, 0.3) is 0 Å². The second-order valence-corrected chi connectivity index (χ2v) is 5.08. The number of rotatable bonds is 5. The van der Waals surface area contributed by atoms with E-state index in [1.807, 2.05) is 6.92 Å². The zero-order chi connectivity index (χ0) is 11.4. The minimum atomic E-state index is 0.689. The summed E-state index contributed by atoms with van der Waals surface area (Å²) >= 11 is 3.50. The lowest BCUT2D eigenvalue weighted by atomic mass is 9.91. The molecule has 0 amide bonds. The van der Waals surface area contributed by atoms with Gasteiger partial charge in [0.15, 0.2) is 0 Å². The van der Waals surface area contributed by atoms with Crippen molar-refractivity contribution in [3.05, 3.63) is 18.1 Å². The van der Waals surface area contributed by atoms with Crippen LogP contribution in [0.2, 0.25) is 0 Å². The molecule has 1 aromatic heterocycles. The first-order valence-corrected chi connectivity index (χ1v) is 7.05. The first-order valence-electron chi connectivity index (χ1n) is 5.93. The average Bonchev–Trinajstić information content (AvgIpc) is 2.22. The van der Waals surface area contributed by atoms with E-state index in [9.17, 15) is 0 Å². The van der Waals surface area contributed by atoms with Crippen LogP contribution in [0.15, 0.2) is 12.4 Å². The highest BCUT2D eigenvalue weighted by Gasteiger charge is 2.26. The zero-order valence-electron chi connectivity index (χ0n) is 9.69. The first kappa shape index (κ1) is 11.8. The summed E-state index contributed by atoms with van der Waals surface area (Å²) in [5, 5.41) is 1.05. The van der Waals surface area contributed by atoms with E-state index in [0.29, 0.717) is 6.04 Å². The molecule has 88 valence electrons. The molecule has 0 N–H and O–H groups in total. The van der Waals surface area contributed by atoms with Gasteiger partial charge in [0, 0.05) is 30.3 Å². The standard InChI is InChI=1S/C12H18BrN3/c1-10-12(15-8-7-14-10)16(9-3-6-13)11-4-2-5-11/h7-8,11H,2-6,9H2,1H3. The Morgan fingerprint density at radius 1 is 1.38 bits per heavy atom. The molecule has 1 saturated carbocycles. The molecule has 1 aliphatic rings. The zero-order valence-corrected chi connectivity index (χ0v) is 11.3. The highest BCUT2D eigenvalue weighted by molar-refractivity contribution is 9.09. The molecule has 0 radical (unpaired) electrons. The van der Waals surface area contributed by atoms with Gasteiger partial charge in [0.05, 0.1) is 5.69 Å². The van der Waals surface area contributed by atoms with E-state index in [4.69, 9.17) is 0 Å². The van der Waals surface area contributed by atoms with Crippen LogP contribution < -0.4 is 4.90 Å². The number of alkyl halides is 1. The Balaban J connectivity index is 2.13. The van der Waals surface area contributed by atoms with E-state index in [-0.39, 0.29) is 0 Å². The lowest BCUT2D eigenvalue weighted by Gasteiger charge is -2.38. The van der Waals surface area contributed by atoms with Gasteiger partial charge in [-0.25, -0.2) is 4.98 Å². The molecular formula is C12H18BrN3. The Kier molecular flexibility index (Phi) is 4.16. The van der Waals surface area contributed by atoms with Crippen LogP contribution >= 0.6 is 15.9 Å². The van der Waals surface area contributed by atoms with E-state index in [1.165, 1.54) is 19.3 Å². The van der Waals surface area contributed by atoms with Crippen LogP contribution in [0.25, 0.3) is 0 Å². The van der Waals surface area contributed by atoms with Crippen LogP contribution in [0.5, 0.6) is 0 Å². The van der Waals surface area contributed by atoms with Gasteiger partial charge in [-0.15, -0.1) is 0 Å². The Morgan fingerprint density at radius 2 is 2.12 bits per heavy atom. The maximum atomic E-state index is 4.48. The maximum absolute atomic E-state index is 4.48. The predicted octanol–water partition coefficient (Wildman–Crippen LogP) is 2.93. The lowest BCUT2D eigenvalue weighted by molar-refractivity contribution is 0.383. The highest BCUT2D eigenvalue weighted by atomic mass is 79.9. The fourth-order valence-corrected chi connectivity index (χ4v) is 2.32. The van der Waals surface area contributed by atoms with Crippen LogP contribution in [0, 0.1) is 6.92 Å². The van der Waals surface area contributed by atoms with Crippen LogP contribution in [0.1, 0.15) is 31.4 Å². The fraction of sp³-hybridized carbons (Fsp3) is 0.667. The molecule has 1 heterocycles.